The Hall–Kier alpha value is -3.10. The van der Waals surface area contributed by atoms with Gasteiger partial charge >= 0.3 is 11.9 Å². The van der Waals surface area contributed by atoms with Crippen LogP contribution < -0.4 is 0 Å². The lowest BCUT2D eigenvalue weighted by atomic mass is 9.71. The zero-order chi connectivity index (χ0) is 43.8. The van der Waals surface area contributed by atoms with Gasteiger partial charge in [0, 0.05) is 60.7 Å². The Morgan fingerprint density at radius 2 is 0.860 bits per heavy atom. The fourth-order valence-corrected chi connectivity index (χ4v) is 10.0. The van der Waals surface area contributed by atoms with Crippen LogP contribution in [0.5, 0.6) is 11.5 Å². The van der Waals surface area contributed by atoms with E-state index >= 15 is 9.59 Å². The van der Waals surface area contributed by atoms with E-state index in [-0.39, 0.29) is 57.3 Å². The van der Waals surface area contributed by atoms with Gasteiger partial charge in [0.25, 0.3) is 0 Å². The number of carbonyl (C=O) groups is 2. The summed E-state index contributed by atoms with van der Waals surface area (Å²) in [5, 5.41) is 23.5. The highest BCUT2D eigenvalue weighted by atomic mass is 16.6. The van der Waals surface area contributed by atoms with Crippen LogP contribution in [0.1, 0.15) is 167 Å². The first-order chi connectivity index (χ1) is 25.6. The summed E-state index contributed by atoms with van der Waals surface area (Å²) < 4.78 is 13.4. The first-order valence-corrected chi connectivity index (χ1v) is 21.1. The summed E-state index contributed by atoms with van der Waals surface area (Å²) in [6.07, 6.45) is 1.39. The minimum atomic E-state index is -1.86. The van der Waals surface area contributed by atoms with E-state index in [9.17, 15) is 10.2 Å². The molecule has 0 bridgehead atoms. The van der Waals surface area contributed by atoms with Gasteiger partial charge in [-0.3, -0.25) is 19.4 Å². The molecule has 0 spiro atoms. The van der Waals surface area contributed by atoms with Crippen molar-refractivity contribution >= 4 is 11.9 Å². The van der Waals surface area contributed by atoms with Crippen LogP contribution in [0.2, 0.25) is 0 Å². The fraction of sp³-hybridized carbons (Fsp3) is 0.714. The SMILES string of the molecule is Cc1cc(C(C)(C)C)c(O)c(C)c1CC(Cc1c(C)cc(C(C)(C)C)c(O)c1C)(C(=O)OC1CC(C)(C)N(C)C(C)(C)C1)C(=O)OC1CC(C)(C)N(C)C(C)(C)C1. The van der Waals surface area contributed by atoms with Gasteiger partial charge in [-0.25, -0.2) is 0 Å². The normalized spacial score (nSPS) is 20.7. The minimum Gasteiger partial charge on any atom is -0.507 e. The maximum Gasteiger partial charge on any atom is 0.324 e. The zero-order valence-corrected chi connectivity index (χ0v) is 39.5. The molecule has 2 aromatic rings. The largest absolute Gasteiger partial charge is 0.507 e. The van der Waals surface area contributed by atoms with Gasteiger partial charge in [0.2, 0.25) is 0 Å². The van der Waals surface area contributed by atoms with Crippen molar-refractivity contribution < 1.29 is 29.3 Å². The number of aromatic hydroxyl groups is 2. The Morgan fingerprint density at radius 3 is 1.11 bits per heavy atom. The number of carbonyl (C=O) groups excluding carboxylic acids is 2. The molecule has 320 valence electrons. The maximum absolute atomic E-state index is 15.6. The standard InChI is InChI=1S/C49H78N2O6/c1-29-21-37(43(5,6)7)39(52)31(3)35(29)27-49(28-36-30(2)22-38(44(8,9)10)40(53)32(36)4,41(54)56-33-23-45(11,12)50(19)46(13,14)24-33)42(55)57-34-25-47(15,16)51(20)48(17,18)26-34/h21-22,33-34,52-53H,23-28H2,1-20H3. The molecule has 0 radical (unpaired) electrons. The van der Waals surface area contributed by atoms with Crippen molar-refractivity contribution in [2.75, 3.05) is 14.1 Å². The molecule has 2 aromatic carbocycles. The lowest BCUT2D eigenvalue weighted by molar-refractivity contribution is -0.187. The second-order valence-electron chi connectivity index (χ2n) is 22.6. The van der Waals surface area contributed by atoms with E-state index in [4.69, 9.17) is 9.47 Å². The highest BCUT2D eigenvalue weighted by Crippen LogP contribution is 2.46. The van der Waals surface area contributed by atoms with Crippen LogP contribution in [0.3, 0.4) is 0 Å². The summed E-state index contributed by atoms with van der Waals surface area (Å²) in [6, 6.07) is 3.98. The number of rotatable bonds is 8. The van der Waals surface area contributed by atoms with E-state index in [0.29, 0.717) is 47.9 Å². The smallest absolute Gasteiger partial charge is 0.324 e. The van der Waals surface area contributed by atoms with Gasteiger partial charge in [-0.15, -0.1) is 0 Å². The molecular weight excluding hydrogens is 713 g/mol. The molecule has 0 aromatic heterocycles. The second-order valence-corrected chi connectivity index (χ2v) is 22.6. The molecule has 57 heavy (non-hydrogen) atoms. The van der Waals surface area contributed by atoms with E-state index in [0.717, 1.165) is 22.3 Å². The first kappa shape index (κ1) is 46.6. The molecule has 2 aliphatic rings. The third-order valence-corrected chi connectivity index (χ3v) is 14.2. The van der Waals surface area contributed by atoms with Crippen molar-refractivity contribution in [2.24, 2.45) is 5.41 Å². The Balaban J connectivity index is 2.03. The molecule has 0 unspecified atom stereocenters. The fourth-order valence-electron chi connectivity index (χ4n) is 10.0. The number of hydrogen-bond acceptors (Lipinski definition) is 8. The Morgan fingerprint density at radius 1 is 0.596 bits per heavy atom. The van der Waals surface area contributed by atoms with Crippen LogP contribution in [0.4, 0.5) is 0 Å². The van der Waals surface area contributed by atoms with Gasteiger partial charge in [-0.2, -0.15) is 0 Å². The second kappa shape index (κ2) is 15.2. The van der Waals surface area contributed by atoms with Gasteiger partial charge in [0.1, 0.15) is 23.7 Å². The van der Waals surface area contributed by atoms with Gasteiger partial charge < -0.3 is 19.7 Å². The molecule has 2 saturated heterocycles. The lowest BCUT2D eigenvalue weighted by Crippen LogP contribution is -2.61. The van der Waals surface area contributed by atoms with Gasteiger partial charge in [0.05, 0.1) is 0 Å². The number of piperidine rings is 2. The molecule has 2 heterocycles. The van der Waals surface area contributed by atoms with Crippen molar-refractivity contribution in [3.63, 3.8) is 0 Å². The predicted molar refractivity (Wildman–Crippen MR) is 232 cm³/mol. The molecule has 0 aliphatic carbocycles. The van der Waals surface area contributed by atoms with Crippen LogP contribution in [0.25, 0.3) is 0 Å². The van der Waals surface area contributed by atoms with Crippen molar-refractivity contribution in [2.45, 2.75) is 208 Å². The van der Waals surface area contributed by atoms with Crippen LogP contribution in [-0.4, -0.2) is 80.4 Å². The zero-order valence-electron chi connectivity index (χ0n) is 39.5. The number of phenolic OH excluding ortho intramolecular Hbond substituents is 2. The molecule has 8 nitrogen and oxygen atoms in total. The van der Waals surface area contributed by atoms with Crippen molar-refractivity contribution in [3.05, 3.63) is 56.6 Å². The molecule has 0 saturated carbocycles. The molecule has 2 fully saturated rings. The molecule has 8 heteroatoms. The summed E-state index contributed by atoms with van der Waals surface area (Å²) in [6.45, 7) is 37.4. The number of likely N-dealkylation sites (tertiary alicyclic amines) is 2. The molecule has 2 aliphatic heterocycles. The molecular formula is C49H78N2O6. The maximum atomic E-state index is 15.6. The number of hydrogen-bond donors (Lipinski definition) is 2. The molecule has 4 rings (SSSR count). The number of esters is 2. The Kier molecular flexibility index (Phi) is 12.4. The summed E-state index contributed by atoms with van der Waals surface area (Å²) in [4.78, 5) is 35.9. The molecule has 0 atom stereocenters. The Labute approximate surface area is 346 Å². The summed E-state index contributed by atoms with van der Waals surface area (Å²) in [5.41, 5.74) is 2.43. The summed E-state index contributed by atoms with van der Waals surface area (Å²) in [7, 11) is 4.23. The lowest BCUT2D eigenvalue weighted by Gasteiger charge is -2.53. The van der Waals surface area contributed by atoms with Crippen molar-refractivity contribution in [1.29, 1.82) is 0 Å². The third-order valence-electron chi connectivity index (χ3n) is 14.2. The van der Waals surface area contributed by atoms with Crippen LogP contribution in [0, 0.1) is 33.1 Å². The highest BCUT2D eigenvalue weighted by molar-refractivity contribution is 6.01. The quantitative estimate of drug-likeness (QED) is 0.202. The first-order valence-electron chi connectivity index (χ1n) is 21.1. The molecule has 0 amide bonds. The predicted octanol–water partition coefficient (Wildman–Crippen LogP) is 10.1. The summed E-state index contributed by atoms with van der Waals surface area (Å²) >= 11 is 0. The van der Waals surface area contributed by atoms with Crippen LogP contribution in [0.15, 0.2) is 12.1 Å². The minimum absolute atomic E-state index is 0.0419. The van der Waals surface area contributed by atoms with Crippen LogP contribution >= 0.6 is 0 Å². The van der Waals surface area contributed by atoms with Gasteiger partial charge in [-0.05, 0) is 153 Å². The van der Waals surface area contributed by atoms with E-state index in [1.165, 1.54) is 0 Å². The number of nitrogens with zero attached hydrogens (tertiary/aromatic N) is 2. The number of ether oxygens (including phenoxy) is 2. The Bertz CT molecular complexity index is 1700. The monoisotopic (exact) mass is 791 g/mol. The molecule has 2 N–H and O–H groups in total. The van der Waals surface area contributed by atoms with Gasteiger partial charge in [0.15, 0.2) is 5.41 Å². The van der Waals surface area contributed by atoms with E-state index in [1.54, 1.807) is 0 Å². The van der Waals surface area contributed by atoms with Gasteiger partial charge in [-0.1, -0.05) is 53.7 Å². The average Bonchev–Trinajstić information content (AvgIpc) is 3.03. The average molecular weight is 791 g/mol. The van der Waals surface area contributed by atoms with Crippen molar-refractivity contribution in [1.82, 2.24) is 9.80 Å². The third kappa shape index (κ3) is 9.07. The van der Waals surface area contributed by atoms with Crippen molar-refractivity contribution in [3.8, 4) is 11.5 Å². The number of phenols is 2. The van der Waals surface area contributed by atoms with E-state index in [2.05, 4.69) is 121 Å². The highest BCUT2D eigenvalue weighted by Gasteiger charge is 2.55. The van der Waals surface area contributed by atoms with E-state index in [1.807, 2.05) is 39.8 Å². The number of benzene rings is 2. The van der Waals surface area contributed by atoms with E-state index < -0.39 is 29.6 Å². The van der Waals surface area contributed by atoms with Crippen LogP contribution in [-0.2, 0) is 42.7 Å². The number of aryl methyl sites for hydroxylation is 2. The topological polar surface area (TPSA) is 99.5 Å². The summed E-state index contributed by atoms with van der Waals surface area (Å²) in [5.74, 6) is -0.931.